The predicted octanol–water partition coefficient (Wildman–Crippen LogP) is 1.24. The Morgan fingerprint density at radius 1 is 1.33 bits per heavy atom. The number of hydrogen-bond acceptors (Lipinski definition) is 2. The number of benzene rings is 1. The minimum atomic E-state index is 0.131. The van der Waals surface area contributed by atoms with Gasteiger partial charge in [-0.15, -0.1) is 6.26 Å². The van der Waals surface area contributed by atoms with Crippen molar-refractivity contribution in [2.75, 3.05) is 0 Å². The van der Waals surface area contributed by atoms with Gasteiger partial charge < -0.3 is 5.11 Å². The Labute approximate surface area is 75.1 Å². The molecule has 0 saturated carbocycles. The average molecular weight is 182 g/mol. The molecule has 0 radical (unpaired) electrons. The summed E-state index contributed by atoms with van der Waals surface area (Å²) in [4.78, 5) is 10.3. The average Bonchev–Trinajstić information content (AvgIpc) is 2.10. The van der Waals surface area contributed by atoms with Gasteiger partial charge in [0.25, 0.3) is 0 Å². The van der Waals surface area contributed by atoms with Gasteiger partial charge in [0, 0.05) is 10.6 Å². The molecule has 0 aliphatic carbocycles. The fourth-order valence-electron chi connectivity index (χ4n) is 0.806. The number of halogens is 1. The summed E-state index contributed by atoms with van der Waals surface area (Å²) in [6.45, 7) is 0. The molecule has 1 rings (SSSR count). The molecule has 62 valence electrons. The van der Waals surface area contributed by atoms with Crippen molar-refractivity contribution < 1.29 is 9.90 Å². The van der Waals surface area contributed by atoms with E-state index in [9.17, 15) is 9.90 Å². The maximum absolute atomic E-state index is 10.3. The molecular weight excluding hydrogens is 176 g/mol. The van der Waals surface area contributed by atoms with Gasteiger partial charge in [-0.2, -0.15) is 0 Å². The van der Waals surface area contributed by atoms with Crippen molar-refractivity contribution in [3.05, 3.63) is 41.1 Å². The van der Waals surface area contributed by atoms with Gasteiger partial charge in [0.05, 0.1) is 0 Å². The third-order valence-electron chi connectivity index (χ3n) is 1.43. The zero-order chi connectivity index (χ0) is 8.97. The second-order valence-electron chi connectivity index (χ2n) is 2.20. The molecule has 0 unspecified atom stereocenters. The highest BCUT2D eigenvalue weighted by Crippen LogP contribution is 2.14. The van der Waals surface area contributed by atoms with E-state index in [2.05, 4.69) is 0 Å². The van der Waals surface area contributed by atoms with E-state index in [4.69, 9.17) is 11.6 Å². The van der Waals surface area contributed by atoms with Crippen LogP contribution in [0.15, 0.2) is 30.5 Å². The lowest BCUT2D eigenvalue weighted by atomic mass is 10.1. The number of carbonyl (C=O) groups is 1. The van der Waals surface area contributed by atoms with Crippen molar-refractivity contribution in [3.63, 3.8) is 0 Å². The molecule has 0 aliphatic heterocycles. The second-order valence-corrected chi connectivity index (χ2v) is 2.63. The Morgan fingerprint density at radius 3 is 2.33 bits per heavy atom. The summed E-state index contributed by atoms with van der Waals surface area (Å²) in [6.07, 6.45) is 1.05. The molecule has 0 saturated heterocycles. The first-order valence-corrected chi connectivity index (χ1v) is 3.69. The molecule has 0 spiro atoms. The Bertz CT molecular complexity index is 301. The predicted molar refractivity (Wildman–Crippen MR) is 45.5 cm³/mol. The number of carbonyl (C=O) groups excluding carboxylic acids is 1. The molecule has 3 heteroatoms. The van der Waals surface area contributed by atoms with Gasteiger partial charge in [0.1, 0.15) is 6.29 Å². The number of rotatable bonds is 2. The molecule has 1 aromatic rings. The summed E-state index contributed by atoms with van der Waals surface area (Å²) >= 11 is 5.62. The molecule has 0 N–H and O–H groups in total. The fourth-order valence-corrected chi connectivity index (χ4v) is 0.932. The van der Waals surface area contributed by atoms with Crippen LogP contribution < -0.4 is 5.11 Å². The summed E-state index contributed by atoms with van der Waals surface area (Å²) in [7, 11) is 0. The van der Waals surface area contributed by atoms with Gasteiger partial charge in [0.2, 0.25) is 0 Å². The van der Waals surface area contributed by atoms with Crippen molar-refractivity contribution >= 4 is 23.5 Å². The third-order valence-corrected chi connectivity index (χ3v) is 1.68. The minimum absolute atomic E-state index is 0.131. The molecule has 2 nitrogen and oxygen atoms in total. The monoisotopic (exact) mass is 181 g/mol. The van der Waals surface area contributed by atoms with Crippen LogP contribution in [0.5, 0.6) is 0 Å². The summed E-state index contributed by atoms with van der Waals surface area (Å²) in [6, 6.07) is 6.51. The van der Waals surface area contributed by atoms with Crippen LogP contribution >= 0.6 is 11.6 Å². The first-order valence-electron chi connectivity index (χ1n) is 3.31. The lowest BCUT2D eigenvalue weighted by Gasteiger charge is -2.01. The maximum Gasteiger partial charge on any atom is 0.149 e. The maximum atomic E-state index is 10.3. The topological polar surface area (TPSA) is 40.1 Å². The van der Waals surface area contributed by atoms with Crippen molar-refractivity contribution in [2.45, 2.75) is 0 Å². The molecule has 0 heterocycles. The van der Waals surface area contributed by atoms with Gasteiger partial charge >= 0.3 is 0 Å². The van der Waals surface area contributed by atoms with Gasteiger partial charge in [-0.3, -0.25) is 4.79 Å². The SMILES string of the molecule is O=C/C(=C\[O-])c1ccc(Cl)cc1. The highest BCUT2D eigenvalue weighted by molar-refractivity contribution is 6.30. The van der Waals surface area contributed by atoms with Crippen LogP contribution in [0.2, 0.25) is 5.02 Å². The lowest BCUT2D eigenvalue weighted by Crippen LogP contribution is -1.93. The molecule has 12 heavy (non-hydrogen) atoms. The molecule has 0 bridgehead atoms. The van der Waals surface area contributed by atoms with Crippen LogP contribution in [0.1, 0.15) is 5.56 Å². The first-order chi connectivity index (χ1) is 5.77. The van der Waals surface area contributed by atoms with Crippen molar-refractivity contribution in [3.8, 4) is 0 Å². The van der Waals surface area contributed by atoms with E-state index in [0.717, 1.165) is 0 Å². The van der Waals surface area contributed by atoms with E-state index in [-0.39, 0.29) is 5.57 Å². The van der Waals surface area contributed by atoms with E-state index in [1.807, 2.05) is 0 Å². The summed E-state index contributed by atoms with van der Waals surface area (Å²) in [5.41, 5.74) is 0.719. The van der Waals surface area contributed by atoms with Gasteiger partial charge in [-0.05, 0) is 17.7 Å². The standard InChI is InChI=1S/C9H7ClO2/c10-9-3-1-7(2-4-9)8(5-11)6-12/h1-6,11H/p-1/b8-5+. The summed E-state index contributed by atoms with van der Waals surface area (Å²) in [5, 5.41) is 10.9. The Kier molecular flexibility index (Phi) is 2.88. The van der Waals surface area contributed by atoms with Crippen LogP contribution in [0.25, 0.3) is 5.57 Å². The zero-order valence-electron chi connectivity index (χ0n) is 6.16. The quantitative estimate of drug-likeness (QED) is 0.391. The molecule has 1 aromatic carbocycles. The molecule has 0 aliphatic rings. The minimum Gasteiger partial charge on any atom is -0.877 e. The first kappa shape index (κ1) is 8.81. The van der Waals surface area contributed by atoms with Crippen LogP contribution in [-0.4, -0.2) is 6.29 Å². The normalized spacial score (nSPS) is 11.2. The zero-order valence-corrected chi connectivity index (χ0v) is 6.91. The van der Waals surface area contributed by atoms with Crippen molar-refractivity contribution in [2.24, 2.45) is 0 Å². The number of hydrogen-bond donors (Lipinski definition) is 0. The largest absolute Gasteiger partial charge is 0.877 e. The van der Waals surface area contributed by atoms with E-state index < -0.39 is 0 Å². The van der Waals surface area contributed by atoms with Crippen LogP contribution in [0, 0.1) is 0 Å². The van der Waals surface area contributed by atoms with Gasteiger partial charge in [0.15, 0.2) is 0 Å². The third kappa shape index (κ3) is 1.86. The lowest BCUT2D eigenvalue weighted by molar-refractivity contribution is -0.273. The summed E-state index contributed by atoms with van der Waals surface area (Å²) < 4.78 is 0. The Balaban J connectivity index is 3.04. The van der Waals surface area contributed by atoms with Gasteiger partial charge in [-0.1, -0.05) is 23.7 Å². The van der Waals surface area contributed by atoms with Crippen molar-refractivity contribution in [1.82, 2.24) is 0 Å². The molecule has 0 atom stereocenters. The number of aldehydes is 1. The molecule has 0 aromatic heterocycles. The number of allylic oxidation sites excluding steroid dienone is 1. The second kappa shape index (κ2) is 3.93. The summed E-state index contributed by atoms with van der Waals surface area (Å²) in [5.74, 6) is 0. The van der Waals surface area contributed by atoms with Crippen LogP contribution in [-0.2, 0) is 4.79 Å². The van der Waals surface area contributed by atoms with Crippen LogP contribution in [0.4, 0.5) is 0 Å². The van der Waals surface area contributed by atoms with E-state index in [1.54, 1.807) is 24.3 Å². The molecule has 0 fully saturated rings. The van der Waals surface area contributed by atoms with E-state index in [0.29, 0.717) is 23.1 Å². The van der Waals surface area contributed by atoms with E-state index >= 15 is 0 Å². The fraction of sp³-hybridized carbons (Fsp3) is 0. The smallest absolute Gasteiger partial charge is 0.149 e. The highest BCUT2D eigenvalue weighted by atomic mass is 35.5. The van der Waals surface area contributed by atoms with Crippen molar-refractivity contribution in [1.29, 1.82) is 0 Å². The van der Waals surface area contributed by atoms with E-state index in [1.165, 1.54) is 0 Å². The Hall–Kier alpha value is -1.28. The Morgan fingerprint density at radius 2 is 1.92 bits per heavy atom. The van der Waals surface area contributed by atoms with Crippen LogP contribution in [0.3, 0.4) is 0 Å². The molecule has 0 amide bonds. The highest BCUT2D eigenvalue weighted by Gasteiger charge is 1.95. The van der Waals surface area contributed by atoms with Gasteiger partial charge in [-0.25, -0.2) is 0 Å². The molecular formula is C9H6ClO2-.